The van der Waals surface area contributed by atoms with Gasteiger partial charge in [0, 0.05) is 24.4 Å². The smallest absolute Gasteiger partial charge is 0.278 e. The van der Waals surface area contributed by atoms with Gasteiger partial charge in [-0.05, 0) is 26.0 Å². The van der Waals surface area contributed by atoms with Gasteiger partial charge in [-0.3, -0.25) is 34.6 Å². The van der Waals surface area contributed by atoms with E-state index in [0.717, 1.165) is 0 Å². The molecule has 0 spiro atoms. The number of aromatic amines is 1. The first-order valence-corrected chi connectivity index (χ1v) is 8.75. The van der Waals surface area contributed by atoms with Gasteiger partial charge in [-0.25, -0.2) is 0 Å². The Labute approximate surface area is 156 Å². The standard InChI is InChI=1S/C18H22N6O3/c1-9(2)15(25)22-18-21-14-13(16(26)23-18)24(11(4)10(3)20-14)17(27)12-6-5-7-19-8-12/h5-11H,1-4H3,(H3,20,21,22,23,25,26)/t10-,11-/m0/s1. The predicted octanol–water partition coefficient (Wildman–Crippen LogP) is 1.61. The molecule has 142 valence electrons. The van der Waals surface area contributed by atoms with Gasteiger partial charge in [-0.15, -0.1) is 0 Å². The second-order valence-electron chi connectivity index (χ2n) is 6.85. The summed E-state index contributed by atoms with van der Waals surface area (Å²) in [7, 11) is 0. The van der Waals surface area contributed by atoms with Crippen LogP contribution in [0.15, 0.2) is 29.3 Å². The molecule has 3 heterocycles. The molecule has 27 heavy (non-hydrogen) atoms. The van der Waals surface area contributed by atoms with E-state index in [0.29, 0.717) is 5.56 Å². The van der Waals surface area contributed by atoms with Gasteiger partial charge in [-0.2, -0.15) is 4.98 Å². The Kier molecular flexibility index (Phi) is 4.93. The summed E-state index contributed by atoms with van der Waals surface area (Å²) in [4.78, 5) is 49.9. The van der Waals surface area contributed by atoms with Crippen LogP contribution >= 0.6 is 0 Å². The number of carbonyl (C=O) groups is 2. The van der Waals surface area contributed by atoms with Crippen LogP contribution in [0.4, 0.5) is 17.5 Å². The minimum absolute atomic E-state index is 0.0421. The quantitative estimate of drug-likeness (QED) is 0.755. The lowest BCUT2D eigenvalue weighted by atomic mass is 10.0. The Hall–Kier alpha value is -3.23. The molecule has 1 aliphatic heterocycles. The van der Waals surface area contributed by atoms with E-state index >= 15 is 0 Å². The van der Waals surface area contributed by atoms with Crippen molar-refractivity contribution in [1.29, 1.82) is 0 Å². The number of aromatic nitrogens is 3. The molecule has 0 unspecified atom stereocenters. The van der Waals surface area contributed by atoms with E-state index in [2.05, 4.69) is 25.6 Å². The van der Waals surface area contributed by atoms with Crippen LogP contribution in [0.5, 0.6) is 0 Å². The maximum atomic E-state index is 13.0. The van der Waals surface area contributed by atoms with E-state index in [1.165, 1.54) is 11.1 Å². The molecule has 2 aromatic rings. The van der Waals surface area contributed by atoms with Gasteiger partial charge in [-0.1, -0.05) is 13.8 Å². The van der Waals surface area contributed by atoms with Crippen LogP contribution in [0.25, 0.3) is 0 Å². The number of anilines is 3. The molecule has 3 rings (SSSR count). The highest BCUT2D eigenvalue weighted by atomic mass is 16.2. The molecule has 0 radical (unpaired) electrons. The number of rotatable bonds is 3. The van der Waals surface area contributed by atoms with Crippen molar-refractivity contribution in [3.8, 4) is 0 Å². The molecule has 2 amide bonds. The van der Waals surface area contributed by atoms with E-state index in [1.807, 2.05) is 13.8 Å². The third-order valence-corrected chi connectivity index (χ3v) is 4.52. The molecule has 0 saturated heterocycles. The van der Waals surface area contributed by atoms with E-state index in [1.54, 1.807) is 32.2 Å². The van der Waals surface area contributed by atoms with Crippen molar-refractivity contribution in [3.63, 3.8) is 0 Å². The molecule has 0 aromatic carbocycles. The molecule has 0 bridgehead atoms. The maximum Gasteiger partial charge on any atom is 0.278 e. The summed E-state index contributed by atoms with van der Waals surface area (Å²) < 4.78 is 0. The Morgan fingerprint density at radius 2 is 2.04 bits per heavy atom. The number of hydrogen-bond acceptors (Lipinski definition) is 6. The van der Waals surface area contributed by atoms with Crippen molar-refractivity contribution in [2.24, 2.45) is 5.92 Å². The first-order valence-electron chi connectivity index (χ1n) is 8.75. The first kappa shape index (κ1) is 18.6. The van der Waals surface area contributed by atoms with Crippen LogP contribution < -0.4 is 21.1 Å². The van der Waals surface area contributed by atoms with Gasteiger partial charge in [0.25, 0.3) is 11.5 Å². The molecular weight excluding hydrogens is 348 g/mol. The van der Waals surface area contributed by atoms with Crippen LogP contribution in [0, 0.1) is 5.92 Å². The van der Waals surface area contributed by atoms with Crippen molar-refractivity contribution in [3.05, 3.63) is 40.4 Å². The summed E-state index contributed by atoms with van der Waals surface area (Å²) in [6, 6.07) is 2.87. The van der Waals surface area contributed by atoms with Gasteiger partial charge in [0.15, 0.2) is 11.5 Å². The Bertz CT molecular complexity index is 924. The normalized spacial score (nSPS) is 18.6. The van der Waals surface area contributed by atoms with Crippen LogP contribution in [0.3, 0.4) is 0 Å². The number of carbonyl (C=O) groups excluding carboxylic acids is 2. The van der Waals surface area contributed by atoms with Crippen LogP contribution in [0.1, 0.15) is 38.1 Å². The number of H-pyrrole nitrogens is 1. The third kappa shape index (κ3) is 3.53. The van der Waals surface area contributed by atoms with Crippen molar-refractivity contribution >= 4 is 29.3 Å². The zero-order valence-electron chi connectivity index (χ0n) is 15.6. The van der Waals surface area contributed by atoms with Gasteiger partial charge in [0.2, 0.25) is 11.9 Å². The summed E-state index contributed by atoms with van der Waals surface area (Å²) >= 11 is 0. The van der Waals surface area contributed by atoms with Crippen molar-refractivity contribution in [2.75, 3.05) is 15.5 Å². The van der Waals surface area contributed by atoms with E-state index in [4.69, 9.17) is 0 Å². The molecule has 0 saturated carbocycles. The van der Waals surface area contributed by atoms with Gasteiger partial charge >= 0.3 is 0 Å². The number of hydrogen-bond donors (Lipinski definition) is 3. The fourth-order valence-electron chi connectivity index (χ4n) is 2.79. The molecular formula is C18H22N6O3. The minimum Gasteiger partial charge on any atom is -0.364 e. The van der Waals surface area contributed by atoms with E-state index in [-0.39, 0.29) is 47.3 Å². The Morgan fingerprint density at radius 3 is 2.67 bits per heavy atom. The minimum atomic E-state index is -0.512. The van der Waals surface area contributed by atoms with E-state index < -0.39 is 5.56 Å². The summed E-state index contributed by atoms with van der Waals surface area (Å²) in [5.41, 5.74) is -0.0134. The molecule has 2 aromatic heterocycles. The molecule has 1 aliphatic rings. The number of nitrogens with one attached hydrogen (secondary N) is 3. The van der Waals surface area contributed by atoms with Gasteiger partial charge in [0.1, 0.15) is 0 Å². The Balaban J connectivity index is 2.05. The average Bonchev–Trinajstić information content (AvgIpc) is 2.63. The predicted molar refractivity (Wildman–Crippen MR) is 102 cm³/mol. The van der Waals surface area contributed by atoms with Crippen molar-refractivity contribution in [2.45, 2.75) is 39.8 Å². The molecule has 9 heteroatoms. The second kappa shape index (κ2) is 7.18. The van der Waals surface area contributed by atoms with Gasteiger partial charge in [0.05, 0.1) is 11.6 Å². The topological polar surface area (TPSA) is 120 Å². The third-order valence-electron chi connectivity index (χ3n) is 4.52. The van der Waals surface area contributed by atoms with Crippen molar-refractivity contribution in [1.82, 2.24) is 15.0 Å². The number of pyridine rings is 1. The first-order chi connectivity index (χ1) is 12.8. The average molecular weight is 370 g/mol. The summed E-state index contributed by atoms with van der Waals surface area (Å²) in [5.74, 6) is -0.571. The molecule has 0 aliphatic carbocycles. The number of fused-ring (bicyclic) bond motifs is 1. The second-order valence-corrected chi connectivity index (χ2v) is 6.85. The summed E-state index contributed by atoms with van der Waals surface area (Å²) in [6.45, 7) is 7.22. The highest BCUT2D eigenvalue weighted by Gasteiger charge is 2.36. The molecule has 0 fully saturated rings. The van der Waals surface area contributed by atoms with Crippen LogP contribution in [-0.4, -0.2) is 38.8 Å². The number of nitrogens with zero attached hydrogens (tertiary/aromatic N) is 3. The van der Waals surface area contributed by atoms with Gasteiger partial charge < -0.3 is 5.32 Å². The number of amides is 2. The summed E-state index contributed by atoms with van der Waals surface area (Å²) in [5, 5.41) is 5.71. The Morgan fingerprint density at radius 1 is 1.30 bits per heavy atom. The molecule has 3 N–H and O–H groups in total. The van der Waals surface area contributed by atoms with Crippen LogP contribution in [-0.2, 0) is 4.79 Å². The lowest BCUT2D eigenvalue weighted by Gasteiger charge is -2.38. The maximum absolute atomic E-state index is 13.0. The highest BCUT2D eigenvalue weighted by Crippen LogP contribution is 2.31. The fourth-order valence-corrected chi connectivity index (χ4v) is 2.79. The van der Waals surface area contributed by atoms with Crippen LogP contribution in [0.2, 0.25) is 0 Å². The monoisotopic (exact) mass is 370 g/mol. The highest BCUT2D eigenvalue weighted by molar-refractivity contribution is 6.08. The van der Waals surface area contributed by atoms with E-state index in [9.17, 15) is 14.4 Å². The lowest BCUT2D eigenvalue weighted by Crippen LogP contribution is -2.53. The molecule has 2 atom stereocenters. The fraction of sp³-hybridized carbons (Fsp3) is 0.389. The summed E-state index contributed by atoms with van der Waals surface area (Å²) in [6.07, 6.45) is 3.03. The SMILES string of the molecule is CC(C)C(=O)Nc1nc2c(c(=O)[nH]1)N(C(=O)c1cccnc1)[C@@H](C)[C@H](C)N2. The lowest BCUT2D eigenvalue weighted by molar-refractivity contribution is -0.118. The zero-order chi connectivity index (χ0) is 19.7. The molecule has 9 nitrogen and oxygen atoms in total. The van der Waals surface area contributed by atoms with Crippen molar-refractivity contribution < 1.29 is 9.59 Å². The zero-order valence-corrected chi connectivity index (χ0v) is 15.6. The largest absolute Gasteiger partial charge is 0.364 e.